The Balaban J connectivity index is -0.0000000612. The van der Waals surface area contributed by atoms with Gasteiger partial charge in [0.05, 0.1) is 0 Å². The summed E-state index contributed by atoms with van der Waals surface area (Å²) in [6.07, 6.45) is 3.50. The third-order valence-corrected chi connectivity index (χ3v) is 0.566. The number of pyridine rings is 1. The van der Waals surface area contributed by atoms with Gasteiger partial charge >= 0.3 is 53.0 Å². The van der Waals surface area contributed by atoms with E-state index in [-0.39, 0.29) is 31.0 Å². The number of rotatable bonds is 0. The summed E-state index contributed by atoms with van der Waals surface area (Å²) in [4.78, 5) is 68.5. The molecule has 1 rings (SSSR count). The van der Waals surface area contributed by atoms with Gasteiger partial charge in [0, 0.05) is 12.4 Å². The zero-order chi connectivity index (χ0) is 17.7. The van der Waals surface area contributed by atoms with Gasteiger partial charge in [0.25, 0.3) is 0 Å². The van der Waals surface area contributed by atoms with E-state index in [1.54, 1.807) is 12.4 Å². The number of hydrogen-bond acceptors (Lipinski definition) is 4. The molecule has 0 spiro atoms. The van der Waals surface area contributed by atoms with Crippen LogP contribution >= 0.6 is 23.5 Å². The fourth-order valence-corrected chi connectivity index (χ4v) is 0.313. The average Bonchev–Trinajstić information content (AvgIpc) is 2.12. The summed E-state index contributed by atoms with van der Waals surface area (Å²) < 4.78 is 26.6. The predicted molar refractivity (Wildman–Crippen MR) is 68.1 cm³/mol. The Morgan fingerprint density at radius 1 is 0.591 bits per heavy atom. The van der Waals surface area contributed by atoms with Gasteiger partial charge in [0.2, 0.25) is 0 Å². The van der Waals surface area contributed by atoms with Crippen molar-refractivity contribution in [3.63, 3.8) is 0 Å². The monoisotopic (exact) mass is 397 g/mol. The van der Waals surface area contributed by atoms with Crippen molar-refractivity contribution in [1.82, 2.24) is 4.98 Å². The molecule has 0 aliphatic carbocycles. The van der Waals surface area contributed by atoms with Crippen LogP contribution in [0.4, 0.5) is 0 Å². The molecule has 0 aliphatic rings. The second kappa shape index (κ2) is 15.0. The summed E-state index contributed by atoms with van der Waals surface area (Å²) >= 11 is 0. The van der Waals surface area contributed by atoms with Crippen molar-refractivity contribution in [3.8, 4) is 0 Å². The Hall–Kier alpha value is 0.480. The molecule has 1 aromatic rings. The summed E-state index contributed by atoms with van der Waals surface area (Å²) in [6.45, 7) is 0. The van der Waals surface area contributed by atoms with Crippen LogP contribution in [-0.2, 0) is 13.7 Å². The van der Waals surface area contributed by atoms with E-state index in [0.29, 0.717) is 0 Å². The minimum absolute atomic E-state index is 0. The van der Waals surface area contributed by atoms with Crippen molar-refractivity contribution in [2.75, 3.05) is 0 Å². The van der Waals surface area contributed by atoms with Gasteiger partial charge in [-0.2, -0.15) is 0 Å². The second-order valence-corrected chi connectivity index (χ2v) is 5.64. The fraction of sp³-hybridized carbons (Fsp3) is 0. The molecule has 0 saturated carbocycles. The Labute approximate surface area is 147 Å². The molecule has 0 unspecified atom stereocenters. The topological polar surface area (TPSA) is 246 Å². The van der Waals surface area contributed by atoms with Crippen LogP contribution in [0.25, 0.3) is 0 Å². The van der Waals surface area contributed by atoms with E-state index in [1.807, 2.05) is 18.2 Å². The number of nitrogens with zero attached hydrogens (tertiary/aromatic N) is 1. The van der Waals surface area contributed by atoms with Gasteiger partial charge in [-0.25, -0.2) is 13.7 Å². The van der Waals surface area contributed by atoms with Crippen molar-refractivity contribution >= 4 is 23.5 Å². The molecule has 1 heterocycles. The van der Waals surface area contributed by atoms with E-state index in [2.05, 4.69) is 4.98 Å². The quantitative estimate of drug-likeness (QED) is 0.148. The van der Waals surface area contributed by atoms with E-state index in [0.717, 1.165) is 0 Å². The molecular formula is C5H15NNaO12P3. The zero-order valence-corrected chi connectivity index (χ0v) is 15.6. The third kappa shape index (κ3) is 185. The molecule has 0 bridgehead atoms. The maximum Gasteiger partial charge on any atom is 1.00 e. The summed E-state index contributed by atoms with van der Waals surface area (Å²) in [5, 5.41) is 0. The molecule has 0 aromatic carbocycles. The Morgan fingerprint density at radius 3 is 0.818 bits per heavy atom. The summed E-state index contributed by atoms with van der Waals surface area (Å²) in [5.41, 5.74) is 0. The Morgan fingerprint density at radius 2 is 0.773 bits per heavy atom. The van der Waals surface area contributed by atoms with Crippen molar-refractivity contribution in [3.05, 3.63) is 30.6 Å². The van der Waals surface area contributed by atoms with Crippen LogP contribution in [0.15, 0.2) is 30.6 Å². The van der Waals surface area contributed by atoms with Crippen LogP contribution < -0.4 is 29.6 Å². The first kappa shape index (κ1) is 30.4. The fourth-order valence-electron chi connectivity index (χ4n) is 0.313. The predicted octanol–water partition coefficient (Wildman–Crippen LogP) is -4.59. The Bertz CT molecular complexity index is 388. The summed E-state index contributed by atoms with van der Waals surface area (Å²) in [5.74, 6) is 0. The van der Waals surface area contributed by atoms with Crippen LogP contribution in [0.3, 0.4) is 0 Å². The van der Waals surface area contributed by atoms with Crippen LogP contribution in [0.1, 0.15) is 1.43 Å². The minimum atomic E-state index is -4.64. The zero-order valence-electron chi connectivity index (χ0n) is 11.9. The molecule has 1 aromatic heterocycles. The summed E-state index contributed by atoms with van der Waals surface area (Å²) in [7, 11) is -13.9. The van der Waals surface area contributed by atoms with E-state index < -0.39 is 23.5 Å². The third-order valence-electron chi connectivity index (χ3n) is 0.566. The van der Waals surface area contributed by atoms with Crippen molar-refractivity contribution in [2.24, 2.45) is 0 Å². The SMILES string of the molecule is O=P(O)(O)O.O=P(O)(O)O.O=P(O)(O)O.[H-].[Na+].c1ccncc1. The molecule has 13 nitrogen and oxygen atoms in total. The molecule has 22 heavy (non-hydrogen) atoms. The molecule has 9 N–H and O–H groups in total. The van der Waals surface area contributed by atoms with Crippen molar-refractivity contribution in [1.29, 1.82) is 0 Å². The molecular weight excluding hydrogens is 382 g/mol. The number of aromatic nitrogens is 1. The number of hydrogen-bond donors (Lipinski definition) is 9. The molecule has 17 heteroatoms. The largest absolute Gasteiger partial charge is 1.00 e. The Kier molecular flexibility index (Phi) is 20.8. The summed E-state index contributed by atoms with van der Waals surface area (Å²) in [6, 6.07) is 5.72. The van der Waals surface area contributed by atoms with E-state index >= 15 is 0 Å². The first-order valence-electron chi connectivity index (χ1n) is 4.20. The molecule has 0 amide bonds. The van der Waals surface area contributed by atoms with Gasteiger partial charge in [-0.15, -0.1) is 0 Å². The standard InChI is InChI=1S/C5H5N.Na.3H3O4P.H/c1-2-4-6-5-3-1;;3*1-5(2,3)4;/h1-5H;;3*(H3,1,2,3,4);/q;+1;;;;-1. The van der Waals surface area contributed by atoms with Gasteiger partial charge in [-0.3, -0.25) is 4.98 Å². The number of phosphoric acid groups is 3. The van der Waals surface area contributed by atoms with Gasteiger partial charge in [-0.1, -0.05) is 6.07 Å². The first-order valence-corrected chi connectivity index (χ1v) is 8.89. The van der Waals surface area contributed by atoms with E-state index in [4.69, 9.17) is 57.7 Å². The van der Waals surface area contributed by atoms with Gasteiger partial charge in [-0.05, 0) is 12.1 Å². The average molecular weight is 397 g/mol. The maximum absolute atomic E-state index is 8.88. The van der Waals surface area contributed by atoms with E-state index in [1.165, 1.54) is 0 Å². The molecule has 0 aliphatic heterocycles. The van der Waals surface area contributed by atoms with Gasteiger partial charge < -0.3 is 45.5 Å². The minimum Gasteiger partial charge on any atom is -1.00 e. The van der Waals surface area contributed by atoms with Gasteiger partial charge in [0.1, 0.15) is 0 Å². The van der Waals surface area contributed by atoms with Crippen LogP contribution in [0, 0.1) is 0 Å². The van der Waals surface area contributed by atoms with Crippen molar-refractivity contribution in [2.45, 2.75) is 0 Å². The molecule has 0 fully saturated rings. The van der Waals surface area contributed by atoms with Gasteiger partial charge in [0.15, 0.2) is 0 Å². The van der Waals surface area contributed by atoms with Crippen LogP contribution in [0.2, 0.25) is 0 Å². The molecule has 0 atom stereocenters. The normalized spacial score (nSPS) is 10.2. The molecule has 128 valence electrons. The van der Waals surface area contributed by atoms with Crippen molar-refractivity contribution < 1.29 is 88.7 Å². The van der Waals surface area contributed by atoms with Crippen LogP contribution in [0.5, 0.6) is 0 Å². The smallest absolute Gasteiger partial charge is 1.00 e. The molecule has 0 radical (unpaired) electrons. The first-order chi connectivity index (χ1) is 9.00. The molecule has 0 saturated heterocycles. The second-order valence-electron chi connectivity index (χ2n) is 2.56. The van der Waals surface area contributed by atoms with Crippen LogP contribution in [-0.4, -0.2) is 49.0 Å². The maximum atomic E-state index is 8.88. The van der Waals surface area contributed by atoms with E-state index in [9.17, 15) is 0 Å².